The Morgan fingerprint density at radius 3 is 2.02 bits per heavy atom. The van der Waals surface area contributed by atoms with Gasteiger partial charge in [-0.15, -0.1) is 0 Å². The summed E-state index contributed by atoms with van der Waals surface area (Å²) in [4.78, 5) is 5.17. The number of dihydropyridines is 1. The minimum absolute atomic E-state index is 0.0753. The molecule has 1 saturated heterocycles. The van der Waals surface area contributed by atoms with Gasteiger partial charge in [0, 0.05) is 42.9 Å². The molecule has 2 heterocycles. The monoisotopic (exact) mass is 779 g/mol. The van der Waals surface area contributed by atoms with E-state index >= 15 is 0 Å². The number of nitrogens with zero attached hydrogens (tertiary/aromatic N) is 2. The number of piperidine rings is 1. The van der Waals surface area contributed by atoms with Crippen molar-refractivity contribution in [1.82, 2.24) is 10.2 Å². The summed E-state index contributed by atoms with van der Waals surface area (Å²) in [6.45, 7) is 12.2. The van der Waals surface area contributed by atoms with Gasteiger partial charge in [-0.3, -0.25) is 4.90 Å². The third-order valence-electron chi connectivity index (χ3n) is 10.7. The summed E-state index contributed by atoms with van der Waals surface area (Å²) in [5.74, 6) is 3.21. The number of hydrogen-bond acceptors (Lipinski definition) is 7. The van der Waals surface area contributed by atoms with Crippen LogP contribution in [-0.4, -0.2) is 59.0 Å². The summed E-state index contributed by atoms with van der Waals surface area (Å²) < 4.78 is 23.0. The highest BCUT2D eigenvalue weighted by Gasteiger charge is 2.27. The normalized spacial score (nSPS) is 15.6. The number of rotatable bonds is 16. The van der Waals surface area contributed by atoms with Crippen LogP contribution in [0.25, 0.3) is 11.1 Å². The first-order valence-corrected chi connectivity index (χ1v) is 20.7. The van der Waals surface area contributed by atoms with Crippen LogP contribution in [0.1, 0.15) is 81.7 Å². The van der Waals surface area contributed by atoms with Crippen molar-refractivity contribution in [3.05, 3.63) is 124 Å². The molecule has 56 heavy (non-hydrogen) atoms. The van der Waals surface area contributed by atoms with E-state index in [2.05, 4.69) is 108 Å². The van der Waals surface area contributed by atoms with Gasteiger partial charge in [-0.2, -0.15) is 0 Å². The number of anilines is 1. The Hall–Kier alpha value is -4.59. The van der Waals surface area contributed by atoms with E-state index in [1.54, 1.807) is 28.4 Å². The number of ether oxygens (including phenoxy) is 4. The summed E-state index contributed by atoms with van der Waals surface area (Å²) in [5.41, 5.74) is 9.64. The molecule has 2 aliphatic heterocycles. The summed E-state index contributed by atoms with van der Waals surface area (Å²) in [5, 5.41) is 4.31. The highest BCUT2D eigenvalue weighted by atomic mass is 35.5. The van der Waals surface area contributed by atoms with Gasteiger partial charge in [0.15, 0.2) is 23.0 Å². The summed E-state index contributed by atoms with van der Waals surface area (Å²) in [6.07, 6.45) is 12.8. The molecule has 1 fully saturated rings. The van der Waals surface area contributed by atoms with Gasteiger partial charge >= 0.3 is 0 Å². The van der Waals surface area contributed by atoms with Crippen LogP contribution in [0.3, 0.4) is 0 Å². The minimum Gasteiger partial charge on any atom is -0.493 e. The van der Waals surface area contributed by atoms with Gasteiger partial charge in [-0.1, -0.05) is 76.4 Å². The molecule has 8 heteroatoms. The molecule has 0 bridgehead atoms. The fourth-order valence-corrected chi connectivity index (χ4v) is 8.12. The fourth-order valence-electron chi connectivity index (χ4n) is 8.00. The topological polar surface area (TPSA) is 55.4 Å². The predicted molar refractivity (Wildman–Crippen MR) is 234 cm³/mol. The maximum Gasteiger partial charge on any atom is 0.163 e. The van der Waals surface area contributed by atoms with Gasteiger partial charge in [0.05, 0.1) is 34.5 Å². The average molecular weight is 780 g/mol. The van der Waals surface area contributed by atoms with Crippen LogP contribution in [0.15, 0.2) is 96.7 Å². The van der Waals surface area contributed by atoms with Crippen LogP contribution in [0.4, 0.5) is 5.69 Å². The molecule has 7 nitrogen and oxygen atoms in total. The Labute approximate surface area is 341 Å². The molecule has 1 N–H and O–H groups in total. The largest absolute Gasteiger partial charge is 0.493 e. The van der Waals surface area contributed by atoms with Crippen LogP contribution in [0.5, 0.6) is 23.0 Å². The lowest BCUT2D eigenvalue weighted by atomic mass is 9.96. The molecule has 0 amide bonds. The zero-order chi connectivity index (χ0) is 40.0. The molecule has 0 radical (unpaired) electrons. The molecule has 2 aliphatic rings. The lowest BCUT2D eigenvalue weighted by Crippen LogP contribution is -2.45. The summed E-state index contributed by atoms with van der Waals surface area (Å²) in [7, 11) is 6.86. The molecule has 1 unspecified atom stereocenters. The molecular formula is C48H62ClN3O4. The molecule has 6 rings (SSSR count). The van der Waals surface area contributed by atoms with Crippen molar-refractivity contribution in [1.29, 1.82) is 0 Å². The number of nitrogens with one attached hydrogen (secondary N) is 1. The second-order valence-corrected chi connectivity index (χ2v) is 14.8. The fraction of sp³-hybridized carbons (Fsp3) is 0.417. The lowest BCUT2D eigenvalue weighted by Gasteiger charge is -2.40. The molecule has 0 spiro atoms. The maximum absolute atomic E-state index is 6.37. The lowest BCUT2D eigenvalue weighted by molar-refractivity contribution is 0.224. The van der Waals surface area contributed by atoms with Crippen LogP contribution in [0, 0.1) is 0 Å². The predicted octanol–water partition coefficient (Wildman–Crippen LogP) is 11.2. The first-order chi connectivity index (χ1) is 27.4. The molecule has 0 saturated carbocycles. The van der Waals surface area contributed by atoms with Crippen molar-refractivity contribution in [2.75, 3.05) is 53.0 Å². The Balaban J connectivity index is 0.00000295. The standard InChI is InChI=1S/C46H56ClN3O4.C2H6/c1-7-10-35-26-37(28-43(51-3)45(35)53-5)34-13-9-12-32(24-34)31-50(40-16-14-39(47)15-17-40)41-19-22-49(23-20-41)30-33-18-21-48-42(25-33)38-27-36(11-8-2)46(54-6)44(29-38)52-4;1-2/h9,12-18,21,24-29,41-42,48H,7-8,10-11,19-20,22-23,30-31H2,1-6H3;1-2H3. The van der Waals surface area contributed by atoms with Crippen molar-refractivity contribution < 1.29 is 18.9 Å². The summed E-state index contributed by atoms with van der Waals surface area (Å²) in [6, 6.07) is 26.4. The van der Waals surface area contributed by atoms with E-state index in [9.17, 15) is 0 Å². The quantitative estimate of drug-likeness (QED) is 0.122. The third kappa shape index (κ3) is 10.4. The van der Waals surface area contributed by atoms with Gasteiger partial charge in [0.25, 0.3) is 0 Å². The van der Waals surface area contributed by atoms with Crippen LogP contribution < -0.4 is 29.2 Å². The number of benzene rings is 4. The van der Waals surface area contributed by atoms with Gasteiger partial charge in [0.2, 0.25) is 0 Å². The van der Waals surface area contributed by atoms with Crippen molar-refractivity contribution >= 4 is 17.3 Å². The second-order valence-electron chi connectivity index (χ2n) is 14.3. The number of hydrogen-bond donors (Lipinski definition) is 1. The van der Waals surface area contributed by atoms with Gasteiger partial charge in [-0.05, 0) is 132 Å². The van der Waals surface area contributed by atoms with Crippen molar-refractivity contribution in [3.8, 4) is 34.1 Å². The van der Waals surface area contributed by atoms with Gasteiger partial charge < -0.3 is 29.2 Å². The van der Waals surface area contributed by atoms with Crippen LogP contribution >= 0.6 is 11.6 Å². The molecule has 1 atom stereocenters. The van der Waals surface area contributed by atoms with E-state index in [1.165, 1.54) is 39.1 Å². The Kier molecular flexibility index (Phi) is 16.0. The van der Waals surface area contributed by atoms with E-state index in [-0.39, 0.29) is 6.04 Å². The third-order valence-corrected chi connectivity index (χ3v) is 10.9. The first kappa shape index (κ1) is 42.6. The average Bonchev–Trinajstić information content (AvgIpc) is 3.24. The molecule has 4 aromatic carbocycles. The van der Waals surface area contributed by atoms with E-state index in [0.717, 1.165) is 98.3 Å². The smallest absolute Gasteiger partial charge is 0.163 e. The van der Waals surface area contributed by atoms with Crippen molar-refractivity contribution in [2.24, 2.45) is 0 Å². The number of aryl methyl sites for hydroxylation is 2. The van der Waals surface area contributed by atoms with Gasteiger partial charge in [-0.25, -0.2) is 0 Å². The molecule has 300 valence electrons. The zero-order valence-corrected chi connectivity index (χ0v) is 35.5. The summed E-state index contributed by atoms with van der Waals surface area (Å²) >= 11 is 6.37. The maximum atomic E-state index is 6.37. The Morgan fingerprint density at radius 1 is 0.750 bits per heavy atom. The van der Waals surface area contributed by atoms with Crippen LogP contribution in [-0.2, 0) is 19.4 Å². The van der Waals surface area contributed by atoms with Crippen molar-refractivity contribution in [2.45, 2.75) is 84.8 Å². The second kappa shape index (κ2) is 21.1. The van der Waals surface area contributed by atoms with E-state index in [0.29, 0.717) is 6.04 Å². The highest BCUT2D eigenvalue weighted by Crippen LogP contribution is 2.39. The SMILES string of the molecule is CC.CCCc1cc(-c2cccc(CN(c3ccc(Cl)cc3)C3CCN(CC4=CC(c5cc(CCC)c(OC)c(OC)c5)NC=C4)CC3)c2)cc(OC)c1OC. The molecular weight excluding hydrogens is 718 g/mol. The Bertz CT molecular complexity index is 1920. The molecule has 0 aromatic heterocycles. The van der Waals surface area contributed by atoms with E-state index in [4.69, 9.17) is 30.5 Å². The minimum atomic E-state index is 0.0753. The first-order valence-electron chi connectivity index (χ1n) is 20.3. The molecule has 4 aromatic rings. The van der Waals surface area contributed by atoms with E-state index in [1.807, 2.05) is 26.0 Å². The van der Waals surface area contributed by atoms with Gasteiger partial charge in [0.1, 0.15) is 0 Å². The van der Waals surface area contributed by atoms with Crippen LogP contribution in [0.2, 0.25) is 5.02 Å². The number of halogens is 1. The zero-order valence-electron chi connectivity index (χ0n) is 34.8. The molecule has 0 aliphatic carbocycles. The number of methoxy groups -OCH3 is 4. The highest BCUT2D eigenvalue weighted by molar-refractivity contribution is 6.30. The Morgan fingerprint density at radius 2 is 1.39 bits per heavy atom. The van der Waals surface area contributed by atoms with Crippen molar-refractivity contribution in [3.63, 3.8) is 0 Å². The van der Waals surface area contributed by atoms with E-state index < -0.39 is 0 Å². The number of likely N-dealkylation sites (tertiary alicyclic amines) is 1.